The van der Waals surface area contributed by atoms with Gasteiger partial charge in [0, 0.05) is 23.8 Å². The van der Waals surface area contributed by atoms with Gasteiger partial charge in [0.2, 0.25) is 5.91 Å². The number of halogens is 1. The molecular weight excluding hydrogens is 366 g/mol. The van der Waals surface area contributed by atoms with Crippen molar-refractivity contribution < 1.29 is 18.7 Å². The van der Waals surface area contributed by atoms with Gasteiger partial charge in [-0.1, -0.05) is 36.7 Å². The molecule has 27 heavy (non-hydrogen) atoms. The number of hydrogen-bond acceptors (Lipinski definition) is 4. The van der Waals surface area contributed by atoms with Crippen LogP contribution in [0.4, 0.5) is 0 Å². The van der Waals surface area contributed by atoms with E-state index in [1.807, 2.05) is 18.2 Å². The molecule has 3 atom stereocenters. The molecule has 1 aliphatic carbocycles. The Labute approximate surface area is 164 Å². The SMILES string of the molecule is COC(=O)CC(NC(=O)CCc1ccc(C2CC2C)o1)c1ccccc1Cl. The summed E-state index contributed by atoms with van der Waals surface area (Å²) < 4.78 is 10.6. The van der Waals surface area contributed by atoms with Gasteiger partial charge in [0.15, 0.2) is 0 Å². The Kier molecular flexibility index (Phi) is 6.22. The summed E-state index contributed by atoms with van der Waals surface area (Å²) in [6, 6.07) is 10.6. The molecule has 6 heteroatoms. The smallest absolute Gasteiger partial charge is 0.307 e. The number of amides is 1. The summed E-state index contributed by atoms with van der Waals surface area (Å²) in [5.74, 6) is 2.45. The first-order chi connectivity index (χ1) is 13.0. The van der Waals surface area contributed by atoms with Crippen LogP contribution in [0.1, 0.15) is 55.2 Å². The summed E-state index contributed by atoms with van der Waals surface area (Å²) in [5.41, 5.74) is 0.695. The summed E-state index contributed by atoms with van der Waals surface area (Å²) in [5, 5.41) is 3.39. The van der Waals surface area contributed by atoms with Gasteiger partial charge in [0.05, 0.1) is 19.6 Å². The fourth-order valence-electron chi connectivity index (χ4n) is 3.20. The number of hydrogen-bond donors (Lipinski definition) is 1. The molecule has 1 N–H and O–H groups in total. The Balaban J connectivity index is 1.59. The minimum Gasteiger partial charge on any atom is -0.469 e. The van der Waals surface area contributed by atoms with Crippen LogP contribution in [0.3, 0.4) is 0 Å². The first-order valence-corrected chi connectivity index (χ1v) is 9.55. The summed E-state index contributed by atoms with van der Waals surface area (Å²) in [4.78, 5) is 24.2. The molecule has 1 aromatic carbocycles. The summed E-state index contributed by atoms with van der Waals surface area (Å²) >= 11 is 6.23. The summed E-state index contributed by atoms with van der Waals surface area (Å²) in [6.07, 6.45) is 1.98. The first-order valence-electron chi connectivity index (χ1n) is 9.17. The highest BCUT2D eigenvalue weighted by Crippen LogP contribution is 2.47. The number of aryl methyl sites for hydroxylation is 1. The average Bonchev–Trinajstić information content (AvgIpc) is 3.19. The summed E-state index contributed by atoms with van der Waals surface area (Å²) in [7, 11) is 1.32. The lowest BCUT2D eigenvalue weighted by atomic mass is 10.0. The molecule has 1 fully saturated rings. The van der Waals surface area contributed by atoms with Crippen LogP contribution in [0.15, 0.2) is 40.8 Å². The molecule has 1 aromatic heterocycles. The number of furan rings is 1. The second kappa shape index (κ2) is 8.61. The van der Waals surface area contributed by atoms with Crippen molar-refractivity contribution in [3.05, 3.63) is 58.5 Å². The van der Waals surface area contributed by atoms with Gasteiger partial charge in [-0.3, -0.25) is 9.59 Å². The second-order valence-electron chi connectivity index (χ2n) is 7.05. The maximum Gasteiger partial charge on any atom is 0.307 e. The van der Waals surface area contributed by atoms with Crippen molar-refractivity contribution in [2.45, 2.75) is 44.6 Å². The Morgan fingerprint density at radius 3 is 2.70 bits per heavy atom. The Hall–Kier alpha value is -2.27. The van der Waals surface area contributed by atoms with Gasteiger partial charge in [-0.25, -0.2) is 0 Å². The molecule has 3 rings (SSSR count). The molecule has 5 nitrogen and oxygen atoms in total. The van der Waals surface area contributed by atoms with Crippen LogP contribution >= 0.6 is 11.6 Å². The van der Waals surface area contributed by atoms with Crippen molar-refractivity contribution in [2.75, 3.05) is 7.11 Å². The Morgan fingerprint density at radius 1 is 1.30 bits per heavy atom. The number of rotatable bonds is 8. The predicted molar refractivity (Wildman–Crippen MR) is 103 cm³/mol. The van der Waals surface area contributed by atoms with Gasteiger partial charge >= 0.3 is 5.97 Å². The molecule has 3 unspecified atom stereocenters. The number of carbonyl (C=O) groups is 2. The van der Waals surface area contributed by atoms with Crippen LogP contribution in [0.5, 0.6) is 0 Å². The standard InChI is InChI=1S/C21H24ClNO4/c1-13-11-16(13)19-9-7-14(27-19)8-10-20(24)23-18(12-21(25)26-2)15-5-3-4-6-17(15)22/h3-7,9,13,16,18H,8,10-12H2,1-2H3,(H,23,24). The third-order valence-electron chi connectivity index (χ3n) is 4.97. The zero-order valence-corrected chi connectivity index (χ0v) is 16.3. The third-order valence-corrected chi connectivity index (χ3v) is 5.31. The molecule has 0 spiro atoms. The van der Waals surface area contributed by atoms with Crippen molar-refractivity contribution in [1.29, 1.82) is 0 Å². The monoisotopic (exact) mass is 389 g/mol. The molecular formula is C21H24ClNO4. The number of esters is 1. The van der Waals surface area contributed by atoms with Gasteiger partial charge in [-0.2, -0.15) is 0 Å². The van der Waals surface area contributed by atoms with E-state index in [2.05, 4.69) is 12.2 Å². The number of benzene rings is 1. The van der Waals surface area contributed by atoms with E-state index in [9.17, 15) is 9.59 Å². The van der Waals surface area contributed by atoms with Gasteiger partial charge in [-0.05, 0) is 36.1 Å². The zero-order valence-electron chi connectivity index (χ0n) is 15.5. The fraction of sp³-hybridized carbons (Fsp3) is 0.429. The highest BCUT2D eigenvalue weighted by molar-refractivity contribution is 6.31. The normalized spacial score (nSPS) is 19.4. The lowest BCUT2D eigenvalue weighted by Crippen LogP contribution is -2.30. The van der Waals surface area contributed by atoms with Gasteiger partial charge < -0.3 is 14.5 Å². The molecule has 144 valence electrons. The van der Waals surface area contributed by atoms with Crippen molar-refractivity contribution in [2.24, 2.45) is 5.92 Å². The number of ether oxygens (including phenoxy) is 1. The number of methoxy groups -OCH3 is 1. The predicted octanol–water partition coefficient (Wildman–Crippen LogP) is 4.41. The maximum absolute atomic E-state index is 12.4. The average molecular weight is 390 g/mol. The minimum atomic E-state index is -0.530. The van der Waals surface area contributed by atoms with E-state index in [4.69, 9.17) is 20.8 Å². The molecule has 1 aliphatic rings. The quantitative estimate of drug-likeness (QED) is 0.679. The van der Waals surface area contributed by atoms with E-state index < -0.39 is 12.0 Å². The molecule has 0 saturated heterocycles. The maximum atomic E-state index is 12.4. The van der Waals surface area contributed by atoms with E-state index in [-0.39, 0.29) is 18.7 Å². The van der Waals surface area contributed by atoms with Gasteiger partial charge in [0.1, 0.15) is 11.5 Å². The number of nitrogens with one attached hydrogen (secondary N) is 1. The molecule has 0 aliphatic heterocycles. The van der Waals surface area contributed by atoms with Crippen LogP contribution in [0.25, 0.3) is 0 Å². The minimum absolute atomic E-state index is 0.0242. The van der Waals surface area contributed by atoms with E-state index >= 15 is 0 Å². The highest BCUT2D eigenvalue weighted by Gasteiger charge is 2.36. The van der Waals surface area contributed by atoms with Crippen LogP contribution in [0, 0.1) is 5.92 Å². The Morgan fingerprint density at radius 2 is 2.04 bits per heavy atom. The molecule has 0 radical (unpaired) electrons. The Bertz CT molecular complexity index is 816. The highest BCUT2D eigenvalue weighted by atomic mass is 35.5. The fourth-order valence-corrected chi connectivity index (χ4v) is 3.46. The van der Waals surface area contributed by atoms with Gasteiger partial charge in [-0.15, -0.1) is 0 Å². The lowest BCUT2D eigenvalue weighted by Gasteiger charge is -2.19. The summed E-state index contributed by atoms with van der Waals surface area (Å²) in [6.45, 7) is 2.20. The first kappa shape index (κ1) is 19.5. The van der Waals surface area contributed by atoms with Crippen molar-refractivity contribution in [1.82, 2.24) is 5.32 Å². The van der Waals surface area contributed by atoms with Crippen molar-refractivity contribution >= 4 is 23.5 Å². The van der Waals surface area contributed by atoms with Crippen LogP contribution in [-0.2, 0) is 20.7 Å². The van der Waals surface area contributed by atoms with Crippen LogP contribution in [0.2, 0.25) is 5.02 Å². The van der Waals surface area contributed by atoms with Crippen molar-refractivity contribution in [3.8, 4) is 0 Å². The van der Waals surface area contributed by atoms with Gasteiger partial charge in [0.25, 0.3) is 0 Å². The van der Waals surface area contributed by atoms with E-state index in [1.54, 1.807) is 18.2 Å². The van der Waals surface area contributed by atoms with Crippen molar-refractivity contribution in [3.63, 3.8) is 0 Å². The van der Waals surface area contributed by atoms with E-state index in [0.717, 1.165) is 11.5 Å². The van der Waals surface area contributed by atoms with Crippen LogP contribution < -0.4 is 5.32 Å². The topological polar surface area (TPSA) is 68.5 Å². The van der Waals surface area contributed by atoms with E-state index in [0.29, 0.717) is 28.8 Å². The second-order valence-corrected chi connectivity index (χ2v) is 7.45. The molecule has 2 aromatic rings. The third kappa shape index (κ3) is 5.13. The largest absolute Gasteiger partial charge is 0.469 e. The molecule has 1 amide bonds. The molecule has 0 bridgehead atoms. The lowest BCUT2D eigenvalue weighted by molar-refractivity contribution is -0.141. The molecule has 1 heterocycles. The number of carbonyl (C=O) groups excluding carboxylic acids is 2. The molecule has 1 saturated carbocycles. The van der Waals surface area contributed by atoms with Crippen LogP contribution in [-0.4, -0.2) is 19.0 Å². The zero-order chi connectivity index (χ0) is 19.4. The van der Waals surface area contributed by atoms with E-state index in [1.165, 1.54) is 13.5 Å².